The van der Waals surface area contributed by atoms with E-state index in [4.69, 9.17) is 0 Å². The monoisotopic (exact) mass is 336 g/mol. The highest BCUT2D eigenvalue weighted by Gasteiger charge is 2.34. The highest BCUT2D eigenvalue weighted by atomic mass is 19.1. The van der Waals surface area contributed by atoms with Gasteiger partial charge in [-0.3, -0.25) is 10.4 Å². The van der Waals surface area contributed by atoms with Gasteiger partial charge in [0.05, 0.1) is 17.6 Å². The number of hydrazine groups is 1. The Morgan fingerprint density at radius 2 is 2.00 bits per heavy atom. The van der Waals surface area contributed by atoms with Crippen LogP contribution >= 0.6 is 0 Å². The van der Waals surface area contributed by atoms with Crippen molar-refractivity contribution in [3.05, 3.63) is 82.5 Å². The quantitative estimate of drug-likeness (QED) is 0.830. The van der Waals surface area contributed by atoms with Gasteiger partial charge in [0.25, 0.3) is 0 Å². The molecule has 0 amide bonds. The largest absolute Gasteiger partial charge is 0.363 e. The summed E-state index contributed by atoms with van der Waals surface area (Å²) in [4.78, 5) is 7.36. The van der Waals surface area contributed by atoms with Crippen molar-refractivity contribution < 1.29 is 8.78 Å². The predicted octanol–water partition coefficient (Wildman–Crippen LogP) is 3.89. The van der Waals surface area contributed by atoms with Gasteiger partial charge in [-0.1, -0.05) is 18.2 Å². The van der Waals surface area contributed by atoms with Gasteiger partial charge in [0, 0.05) is 34.5 Å². The second kappa shape index (κ2) is 5.17. The van der Waals surface area contributed by atoms with Crippen molar-refractivity contribution in [2.45, 2.75) is 12.3 Å². The molecule has 4 nitrogen and oxygen atoms in total. The Labute approximate surface area is 142 Å². The van der Waals surface area contributed by atoms with Gasteiger partial charge >= 0.3 is 0 Å². The fraction of sp³-hybridized carbons (Fsp3) is 0.105. The van der Waals surface area contributed by atoms with Crippen molar-refractivity contribution in [3.8, 4) is 0 Å². The minimum absolute atomic E-state index is 0.111. The lowest BCUT2D eigenvalue weighted by Crippen LogP contribution is -2.36. The van der Waals surface area contributed by atoms with Crippen molar-refractivity contribution in [2.75, 3.05) is 0 Å². The van der Waals surface area contributed by atoms with Gasteiger partial charge < -0.3 is 4.98 Å². The van der Waals surface area contributed by atoms with Crippen LogP contribution in [0.1, 0.15) is 34.7 Å². The smallest absolute Gasteiger partial charge is 0.130 e. The van der Waals surface area contributed by atoms with E-state index in [-0.39, 0.29) is 11.5 Å². The number of halogens is 2. The molecular weight excluding hydrogens is 322 g/mol. The van der Waals surface area contributed by atoms with Crippen molar-refractivity contribution in [1.82, 2.24) is 15.4 Å². The third-order valence-corrected chi connectivity index (χ3v) is 4.84. The number of allylic oxidation sites excluding steroid dienone is 2. The maximum absolute atomic E-state index is 14.3. The highest BCUT2D eigenvalue weighted by molar-refractivity contribution is 5.82. The average Bonchev–Trinajstić information content (AvgIpc) is 2.97. The van der Waals surface area contributed by atoms with Crippen LogP contribution in [0.3, 0.4) is 0 Å². The lowest BCUT2D eigenvalue weighted by molar-refractivity contribution is 0.448. The molecule has 0 saturated carbocycles. The summed E-state index contributed by atoms with van der Waals surface area (Å²) >= 11 is 0. The number of H-pyrrole nitrogens is 1. The van der Waals surface area contributed by atoms with E-state index in [0.717, 1.165) is 28.2 Å². The molecule has 6 heteroatoms. The highest BCUT2D eigenvalue weighted by Crippen LogP contribution is 2.44. The standard InChI is InChI=1S/C19H14F2N4/c20-14-2-1-3-15(21)18(14)13-6-7-16-17-11(8-23-19(13)17)4-5-12-9-22-10-24-25(12)16/h1-5,7-10,13,23H,6H2,(H,22,24). The Bertz CT molecular complexity index is 977. The molecule has 3 heterocycles. The van der Waals surface area contributed by atoms with Gasteiger partial charge in [0.2, 0.25) is 0 Å². The zero-order valence-corrected chi connectivity index (χ0v) is 13.1. The molecule has 2 aliphatic heterocycles. The molecule has 1 aromatic heterocycles. The molecular formula is C19H14F2N4. The Morgan fingerprint density at radius 3 is 2.84 bits per heavy atom. The Morgan fingerprint density at radius 1 is 1.16 bits per heavy atom. The first-order chi connectivity index (χ1) is 12.2. The number of fused-ring (bicyclic) bond motifs is 2. The molecule has 0 bridgehead atoms. The van der Waals surface area contributed by atoms with Crippen molar-refractivity contribution in [2.24, 2.45) is 4.99 Å². The Balaban J connectivity index is 1.69. The minimum atomic E-state index is -0.516. The molecule has 2 aromatic rings. The van der Waals surface area contributed by atoms with E-state index in [9.17, 15) is 8.78 Å². The maximum atomic E-state index is 14.3. The van der Waals surface area contributed by atoms with E-state index in [1.165, 1.54) is 18.2 Å². The zero-order chi connectivity index (χ0) is 17.0. The van der Waals surface area contributed by atoms with E-state index in [1.54, 1.807) is 12.5 Å². The summed E-state index contributed by atoms with van der Waals surface area (Å²) in [5, 5.41) is 1.93. The van der Waals surface area contributed by atoms with Crippen LogP contribution in [0.15, 0.2) is 53.4 Å². The molecule has 0 fully saturated rings. The lowest BCUT2D eigenvalue weighted by Gasteiger charge is -2.32. The first kappa shape index (κ1) is 14.2. The normalized spacial score (nSPS) is 20.2. The van der Waals surface area contributed by atoms with Gasteiger partial charge in [-0.15, -0.1) is 0 Å². The van der Waals surface area contributed by atoms with Crippen LogP contribution in [-0.2, 0) is 0 Å². The third-order valence-electron chi connectivity index (χ3n) is 4.84. The van der Waals surface area contributed by atoms with Gasteiger partial charge in [0.1, 0.15) is 18.0 Å². The predicted molar refractivity (Wildman–Crippen MR) is 92.2 cm³/mol. The molecule has 0 radical (unpaired) electrons. The molecule has 124 valence electrons. The first-order valence-electron chi connectivity index (χ1n) is 8.06. The number of nitrogens with one attached hydrogen (secondary N) is 2. The SMILES string of the molecule is Fc1cccc(F)c1C1CC=C2c3c(c[nH]c31)C=CC1=CN=CNN12. The van der Waals surface area contributed by atoms with Crippen LogP contribution in [0.2, 0.25) is 0 Å². The number of aromatic nitrogens is 1. The molecule has 2 N–H and O–H groups in total. The fourth-order valence-corrected chi connectivity index (χ4v) is 3.74. The van der Waals surface area contributed by atoms with Crippen LogP contribution in [-0.4, -0.2) is 16.3 Å². The van der Waals surface area contributed by atoms with E-state index < -0.39 is 11.6 Å². The third kappa shape index (κ3) is 2.00. The molecule has 25 heavy (non-hydrogen) atoms. The second-order valence-corrected chi connectivity index (χ2v) is 6.18. The van der Waals surface area contributed by atoms with E-state index in [1.807, 2.05) is 29.4 Å². The van der Waals surface area contributed by atoms with Crippen LogP contribution < -0.4 is 5.43 Å². The molecule has 1 aromatic carbocycles. The summed E-state index contributed by atoms with van der Waals surface area (Å²) in [6, 6.07) is 4.01. The molecule has 0 saturated heterocycles. The second-order valence-electron chi connectivity index (χ2n) is 6.18. The van der Waals surface area contributed by atoms with Crippen molar-refractivity contribution >= 4 is 18.1 Å². The minimum Gasteiger partial charge on any atom is -0.363 e. The number of nitrogens with zero attached hydrogens (tertiary/aromatic N) is 2. The summed E-state index contributed by atoms with van der Waals surface area (Å²) < 4.78 is 28.7. The van der Waals surface area contributed by atoms with Crippen LogP contribution in [0, 0.1) is 11.6 Å². The number of aliphatic imine (C=N–C) groups is 1. The number of aromatic amines is 1. The van der Waals surface area contributed by atoms with Gasteiger partial charge in [-0.2, -0.15) is 0 Å². The molecule has 3 aliphatic rings. The number of rotatable bonds is 1. The fourth-order valence-electron chi connectivity index (χ4n) is 3.74. The van der Waals surface area contributed by atoms with E-state index in [0.29, 0.717) is 6.42 Å². The Hall–Kier alpha value is -3.15. The number of benzene rings is 1. The average molecular weight is 336 g/mol. The number of hydrogen-bond donors (Lipinski definition) is 2. The maximum Gasteiger partial charge on any atom is 0.130 e. The summed E-state index contributed by atoms with van der Waals surface area (Å²) in [5.74, 6) is -1.41. The summed E-state index contributed by atoms with van der Waals surface area (Å²) in [6.45, 7) is 0. The summed E-state index contributed by atoms with van der Waals surface area (Å²) in [6.07, 6.45) is 11.7. The summed E-state index contributed by atoms with van der Waals surface area (Å²) in [7, 11) is 0. The first-order valence-corrected chi connectivity index (χ1v) is 8.06. The molecule has 0 spiro atoms. The number of hydrogen-bond acceptors (Lipinski definition) is 3. The lowest BCUT2D eigenvalue weighted by atomic mass is 9.84. The van der Waals surface area contributed by atoms with Crippen molar-refractivity contribution in [3.63, 3.8) is 0 Å². The van der Waals surface area contributed by atoms with Crippen molar-refractivity contribution in [1.29, 1.82) is 0 Å². The van der Waals surface area contributed by atoms with Crippen LogP contribution in [0.5, 0.6) is 0 Å². The zero-order valence-electron chi connectivity index (χ0n) is 13.1. The van der Waals surface area contributed by atoms with Crippen LogP contribution in [0.25, 0.3) is 11.8 Å². The topological polar surface area (TPSA) is 43.4 Å². The van der Waals surface area contributed by atoms with Gasteiger partial charge in [-0.05, 0) is 24.6 Å². The van der Waals surface area contributed by atoms with E-state index >= 15 is 0 Å². The molecule has 1 unspecified atom stereocenters. The molecule has 5 rings (SSSR count). The Kier molecular flexibility index (Phi) is 2.94. The van der Waals surface area contributed by atoms with Crippen LogP contribution in [0.4, 0.5) is 8.78 Å². The van der Waals surface area contributed by atoms with Gasteiger partial charge in [0.15, 0.2) is 0 Å². The molecule has 1 aliphatic carbocycles. The van der Waals surface area contributed by atoms with E-state index in [2.05, 4.69) is 15.4 Å². The van der Waals surface area contributed by atoms with Gasteiger partial charge in [-0.25, -0.2) is 13.8 Å². The molecule has 1 atom stereocenters. The summed E-state index contributed by atoms with van der Waals surface area (Å²) in [5.41, 5.74) is 7.87.